The summed E-state index contributed by atoms with van der Waals surface area (Å²) in [6.07, 6.45) is 0.815. The highest BCUT2D eigenvalue weighted by atomic mass is 32.1. The van der Waals surface area contributed by atoms with Gasteiger partial charge in [0, 0.05) is 38.1 Å². The number of ether oxygens (including phenoxy) is 2. The molecule has 3 saturated heterocycles. The molecule has 3 aliphatic heterocycles. The number of hydrogen-bond donors (Lipinski definition) is 1. The Morgan fingerprint density at radius 1 is 1.22 bits per heavy atom. The first-order chi connectivity index (χ1) is 22.0. The number of nitriles is 1. The summed E-state index contributed by atoms with van der Waals surface area (Å²) in [7, 11) is 0. The van der Waals surface area contributed by atoms with Gasteiger partial charge in [-0.2, -0.15) is 5.26 Å². The maximum absolute atomic E-state index is 13.6. The molecule has 0 saturated carbocycles. The number of halogens is 2. The minimum absolute atomic E-state index is 0.102. The van der Waals surface area contributed by atoms with E-state index < -0.39 is 12.3 Å². The Bertz CT molecular complexity index is 1680. The molecule has 3 atom stereocenters. The number of nitrogens with one attached hydrogen (secondary N) is 1. The monoisotopic (exact) mass is 652 g/mol. The van der Waals surface area contributed by atoms with E-state index in [1.54, 1.807) is 11.0 Å². The number of thiophene rings is 1. The molecule has 5 heterocycles. The van der Waals surface area contributed by atoms with Gasteiger partial charge in [-0.15, -0.1) is 11.3 Å². The van der Waals surface area contributed by atoms with Gasteiger partial charge in [0.15, 0.2) is 0 Å². The number of alkyl halides is 2. The van der Waals surface area contributed by atoms with Gasteiger partial charge in [-0.1, -0.05) is 19.1 Å². The number of imidazole rings is 1. The molecule has 10 nitrogen and oxygen atoms in total. The van der Waals surface area contributed by atoms with Gasteiger partial charge in [0.1, 0.15) is 11.6 Å². The van der Waals surface area contributed by atoms with Crippen LogP contribution in [0.4, 0.5) is 14.7 Å². The highest BCUT2D eigenvalue weighted by Crippen LogP contribution is 2.32. The molecule has 2 aromatic heterocycles. The van der Waals surface area contributed by atoms with Crippen molar-refractivity contribution in [2.75, 3.05) is 38.2 Å². The van der Waals surface area contributed by atoms with Crippen LogP contribution in [0, 0.1) is 16.7 Å². The van der Waals surface area contributed by atoms with Crippen molar-refractivity contribution in [3.63, 3.8) is 0 Å². The number of likely N-dealkylation sites (tertiary alicyclic amines) is 1. The van der Waals surface area contributed by atoms with E-state index in [0.29, 0.717) is 44.8 Å². The molecule has 6 rings (SSSR count). The topological polar surface area (TPSA) is 113 Å². The molecule has 0 spiro atoms. The van der Waals surface area contributed by atoms with Crippen molar-refractivity contribution in [2.24, 2.45) is 5.41 Å². The summed E-state index contributed by atoms with van der Waals surface area (Å²) in [5.74, 6) is -0.579. The zero-order valence-electron chi connectivity index (χ0n) is 26.2. The highest BCUT2D eigenvalue weighted by molar-refractivity contribution is 7.14. The van der Waals surface area contributed by atoms with E-state index in [1.165, 1.54) is 12.1 Å². The van der Waals surface area contributed by atoms with Crippen molar-refractivity contribution in [3.05, 3.63) is 57.3 Å². The van der Waals surface area contributed by atoms with Gasteiger partial charge in [-0.25, -0.2) is 13.8 Å². The predicted molar refractivity (Wildman–Crippen MR) is 170 cm³/mol. The fourth-order valence-corrected chi connectivity index (χ4v) is 7.40. The number of anilines is 1. The number of benzene rings is 1. The number of nitrogens with zero attached hydrogens (tertiary/aromatic N) is 5. The van der Waals surface area contributed by atoms with Gasteiger partial charge in [0.2, 0.25) is 5.95 Å². The third-order valence-corrected chi connectivity index (χ3v) is 9.83. The van der Waals surface area contributed by atoms with Crippen LogP contribution in [0.25, 0.3) is 11.0 Å². The van der Waals surface area contributed by atoms with Crippen molar-refractivity contribution < 1.29 is 27.8 Å². The van der Waals surface area contributed by atoms with Crippen LogP contribution < -0.4 is 5.32 Å². The van der Waals surface area contributed by atoms with Crippen molar-refractivity contribution in [2.45, 2.75) is 71.4 Å². The second-order valence-electron chi connectivity index (χ2n) is 12.9. The zero-order valence-corrected chi connectivity index (χ0v) is 27.0. The Hall–Kier alpha value is -3.70. The Morgan fingerprint density at radius 2 is 1.98 bits per heavy atom. The largest absolute Gasteiger partial charge is 0.379 e. The van der Waals surface area contributed by atoms with Crippen molar-refractivity contribution in [1.29, 1.82) is 5.26 Å². The fraction of sp³-hybridized carbons (Fsp3) is 0.515. The van der Waals surface area contributed by atoms with Crippen LogP contribution in [-0.4, -0.2) is 82.3 Å². The second kappa shape index (κ2) is 13.2. The maximum Gasteiger partial charge on any atom is 0.272 e. The van der Waals surface area contributed by atoms with Crippen LogP contribution >= 0.6 is 11.3 Å². The minimum Gasteiger partial charge on any atom is -0.379 e. The molecule has 3 aromatic rings. The molecule has 0 aliphatic carbocycles. The van der Waals surface area contributed by atoms with Crippen LogP contribution in [0.3, 0.4) is 0 Å². The van der Waals surface area contributed by atoms with Gasteiger partial charge in [-0.3, -0.25) is 19.8 Å². The van der Waals surface area contributed by atoms with E-state index in [9.17, 15) is 23.6 Å². The molecule has 3 fully saturated rings. The van der Waals surface area contributed by atoms with E-state index in [1.807, 2.05) is 29.7 Å². The molecule has 244 valence electrons. The van der Waals surface area contributed by atoms with Gasteiger partial charge in [0.25, 0.3) is 18.2 Å². The number of carbonyl (C=O) groups is 2. The standard InChI is InChI=1S/C33H38F2N6O4S/c1-20-14-39(15-21(2)45-20)16-22-6-7-26-25(11-22)37-32(38-30(42)28-9-8-27(46-28)29(34)35)41(26)17-24-5-4-10-40(24)31(43)23(13-36)12-33(3)18-44-19-33/h6-9,11-12,20-21,24,29H,4-5,10,14-19H2,1-3H3,(H,37,38,42). The molecule has 3 aliphatic rings. The molecule has 46 heavy (non-hydrogen) atoms. The lowest BCUT2D eigenvalue weighted by molar-refractivity contribution is -0.128. The van der Waals surface area contributed by atoms with E-state index in [-0.39, 0.29) is 50.8 Å². The summed E-state index contributed by atoms with van der Waals surface area (Å²) in [6.45, 7) is 10.2. The number of carbonyl (C=O) groups excluding carboxylic acids is 2. The van der Waals surface area contributed by atoms with Crippen LogP contribution in [0.2, 0.25) is 0 Å². The Morgan fingerprint density at radius 3 is 2.63 bits per heavy atom. The summed E-state index contributed by atoms with van der Waals surface area (Å²) in [6, 6.07) is 10.5. The average Bonchev–Trinajstić information content (AvgIpc) is 3.74. The predicted octanol–water partition coefficient (Wildman–Crippen LogP) is 5.37. The SMILES string of the molecule is CC1CN(Cc2ccc3c(c2)nc(NC(=O)c2ccc(C(F)F)s2)n3CC2CCCN2C(=O)C(C#N)=CC2(C)COC2)CC(C)O1. The molecule has 0 bridgehead atoms. The first-order valence-corrected chi connectivity index (χ1v) is 16.4. The maximum atomic E-state index is 13.6. The number of amides is 2. The summed E-state index contributed by atoms with van der Waals surface area (Å²) < 4.78 is 39.5. The van der Waals surface area contributed by atoms with E-state index in [2.05, 4.69) is 30.1 Å². The van der Waals surface area contributed by atoms with Gasteiger partial charge >= 0.3 is 0 Å². The molecule has 1 N–H and O–H groups in total. The number of hydrogen-bond acceptors (Lipinski definition) is 8. The van der Waals surface area contributed by atoms with Crippen LogP contribution in [-0.2, 0) is 27.4 Å². The summed E-state index contributed by atoms with van der Waals surface area (Å²) in [5.41, 5.74) is 2.27. The molecular formula is C33H38F2N6O4S. The number of rotatable bonds is 9. The lowest BCUT2D eigenvalue weighted by atomic mass is 9.86. The Labute approximate surface area is 270 Å². The molecule has 0 radical (unpaired) electrons. The second-order valence-corrected chi connectivity index (χ2v) is 14.0. The van der Waals surface area contributed by atoms with Crippen LogP contribution in [0.5, 0.6) is 0 Å². The smallest absolute Gasteiger partial charge is 0.272 e. The fourth-order valence-electron chi connectivity index (χ4n) is 6.64. The van der Waals surface area contributed by atoms with E-state index >= 15 is 0 Å². The van der Waals surface area contributed by atoms with Gasteiger partial charge < -0.3 is 18.9 Å². The van der Waals surface area contributed by atoms with Crippen LogP contribution in [0.15, 0.2) is 42.0 Å². The number of morpholine rings is 1. The summed E-state index contributed by atoms with van der Waals surface area (Å²) >= 11 is 0.744. The Balaban J connectivity index is 1.29. The molecular weight excluding hydrogens is 614 g/mol. The number of aromatic nitrogens is 2. The molecule has 2 amide bonds. The van der Waals surface area contributed by atoms with Crippen LogP contribution in [0.1, 0.15) is 60.2 Å². The molecule has 1 aromatic carbocycles. The lowest BCUT2D eigenvalue weighted by Crippen LogP contribution is -2.44. The van der Waals surface area contributed by atoms with E-state index in [4.69, 9.17) is 14.5 Å². The minimum atomic E-state index is -2.66. The first-order valence-electron chi connectivity index (χ1n) is 15.6. The molecule has 13 heteroatoms. The van der Waals surface area contributed by atoms with Gasteiger partial charge in [-0.05, 0) is 56.5 Å². The summed E-state index contributed by atoms with van der Waals surface area (Å²) in [4.78, 5) is 35.7. The summed E-state index contributed by atoms with van der Waals surface area (Å²) in [5, 5.41) is 12.7. The highest BCUT2D eigenvalue weighted by Gasteiger charge is 2.36. The molecule has 3 unspecified atom stereocenters. The van der Waals surface area contributed by atoms with Gasteiger partial charge in [0.05, 0.1) is 52.3 Å². The zero-order chi connectivity index (χ0) is 32.6. The quantitative estimate of drug-likeness (QED) is 0.244. The van der Waals surface area contributed by atoms with Crippen molar-refractivity contribution in [1.82, 2.24) is 19.4 Å². The third kappa shape index (κ3) is 6.85. The third-order valence-electron chi connectivity index (χ3n) is 8.74. The number of fused-ring (bicyclic) bond motifs is 1. The normalized spacial score (nSPS) is 23.5. The average molecular weight is 653 g/mol. The first kappa shape index (κ1) is 32.2. The lowest BCUT2D eigenvalue weighted by Gasteiger charge is -2.35. The Kier molecular flexibility index (Phi) is 9.25. The van der Waals surface area contributed by atoms with Crippen molar-refractivity contribution in [3.8, 4) is 6.07 Å². The van der Waals surface area contributed by atoms with E-state index in [0.717, 1.165) is 41.9 Å². The van der Waals surface area contributed by atoms with Crippen molar-refractivity contribution >= 4 is 40.1 Å².